The van der Waals surface area contributed by atoms with Gasteiger partial charge >= 0.3 is 5.97 Å². The number of sulfonamides is 1. The Morgan fingerprint density at radius 1 is 1.46 bits per heavy atom. The van der Waals surface area contributed by atoms with Crippen LogP contribution in [0.2, 0.25) is 0 Å². The lowest BCUT2D eigenvalue weighted by Crippen LogP contribution is -2.35. The van der Waals surface area contributed by atoms with Gasteiger partial charge in [-0.15, -0.1) is 0 Å². The number of aliphatic carboxylic acids is 1. The van der Waals surface area contributed by atoms with Gasteiger partial charge in [-0.25, -0.2) is 13.1 Å². The topological polar surface area (TPSA) is 140 Å². The molecule has 2 rings (SSSR count). The van der Waals surface area contributed by atoms with E-state index in [4.69, 9.17) is 21.8 Å². The lowest BCUT2D eigenvalue weighted by Gasteiger charge is -2.23. The highest BCUT2D eigenvalue weighted by Gasteiger charge is 2.37. The zero-order valence-electron chi connectivity index (χ0n) is 12.3. The van der Waals surface area contributed by atoms with Crippen LogP contribution in [0.1, 0.15) is 12.7 Å². The quantitative estimate of drug-likeness (QED) is 0.719. The van der Waals surface area contributed by atoms with Crippen molar-refractivity contribution in [3.8, 4) is 0 Å². The van der Waals surface area contributed by atoms with E-state index < -0.39 is 38.4 Å². The highest BCUT2D eigenvalue weighted by Crippen LogP contribution is 2.36. The fourth-order valence-corrected chi connectivity index (χ4v) is 3.97. The third kappa shape index (κ3) is 3.52. The lowest BCUT2D eigenvalue weighted by molar-refractivity contribution is -0.139. The molecule has 0 radical (unpaired) electrons. The van der Waals surface area contributed by atoms with Crippen LogP contribution in [-0.2, 0) is 19.6 Å². The van der Waals surface area contributed by atoms with Gasteiger partial charge in [-0.2, -0.15) is 0 Å². The number of hydrogen-bond acceptors (Lipinski definition) is 6. The molecule has 0 saturated carbocycles. The summed E-state index contributed by atoms with van der Waals surface area (Å²) in [5, 5.41) is 9.11. The van der Waals surface area contributed by atoms with E-state index in [0.717, 1.165) is 13.0 Å². The summed E-state index contributed by atoms with van der Waals surface area (Å²) in [7, 11) is -4.39. The second-order valence-electron chi connectivity index (χ2n) is 4.87. The van der Waals surface area contributed by atoms with Crippen LogP contribution in [-0.4, -0.2) is 25.4 Å². The summed E-state index contributed by atoms with van der Waals surface area (Å²) in [5.41, 5.74) is 5.41. The van der Waals surface area contributed by atoms with Crippen LogP contribution >= 0.6 is 11.6 Å². The molecule has 1 aliphatic carbocycles. The van der Waals surface area contributed by atoms with Crippen molar-refractivity contribution in [2.24, 2.45) is 11.7 Å². The summed E-state index contributed by atoms with van der Waals surface area (Å²) in [6.07, 6.45) is 3.94. The molecular formula is C14H13ClN2O6S. The molecule has 0 saturated heterocycles. The van der Waals surface area contributed by atoms with Crippen LogP contribution in [0.15, 0.2) is 50.1 Å². The molecule has 0 bridgehead atoms. The number of nitrogens with one attached hydrogen (secondary N) is 1. The Kier molecular flexibility index (Phi) is 4.86. The predicted molar refractivity (Wildman–Crippen MR) is 85.7 cm³/mol. The van der Waals surface area contributed by atoms with Gasteiger partial charge in [0.1, 0.15) is 16.6 Å². The minimum Gasteiger partial charge on any atom is -0.480 e. The fourth-order valence-electron chi connectivity index (χ4n) is 2.21. The Balaban J connectivity index is 2.60. The van der Waals surface area contributed by atoms with Crippen molar-refractivity contribution >= 4 is 39.6 Å². The number of carbonyl (C=O) groups excluding carboxylic acids is 1. The number of halogens is 1. The molecule has 10 heteroatoms. The maximum Gasteiger partial charge on any atom is 0.317 e. The molecule has 1 heterocycles. The van der Waals surface area contributed by atoms with Crippen LogP contribution < -0.4 is 10.5 Å². The molecule has 1 aliphatic rings. The Morgan fingerprint density at radius 2 is 2.12 bits per heavy atom. The Bertz CT molecular complexity index is 880. The van der Waals surface area contributed by atoms with E-state index in [2.05, 4.69) is 0 Å². The molecule has 4 N–H and O–H groups in total. The zero-order chi connectivity index (χ0) is 18.1. The maximum atomic E-state index is 12.2. The van der Waals surface area contributed by atoms with Crippen molar-refractivity contribution < 1.29 is 27.5 Å². The molecule has 0 aliphatic heterocycles. The van der Waals surface area contributed by atoms with E-state index in [-0.39, 0.29) is 10.6 Å². The third-order valence-corrected chi connectivity index (χ3v) is 5.02. The van der Waals surface area contributed by atoms with Gasteiger partial charge in [0, 0.05) is 12.6 Å². The Labute approximate surface area is 142 Å². The molecule has 0 spiro atoms. The smallest absolute Gasteiger partial charge is 0.317 e. The molecule has 0 aromatic carbocycles. The summed E-state index contributed by atoms with van der Waals surface area (Å²) in [4.78, 5) is 22.0. The molecule has 1 atom stereocenters. The van der Waals surface area contributed by atoms with Gasteiger partial charge < -0.3 is 15.3 Å². The molecule has 1 aromatic rings. The minimum absolute atomic E-state index is 0.140. The number of carbonyl (C=O) groups is 2. The Hall–Kier alpha value is -2.52. The molecule has 128 valence electrons. The second-order valence-corrected chi connectivity index (χ2v) is 6.90. The average molecular weight is 373 g/mol. The van der Waals surface area contributed by atoms with E-state index in [1.807, 2.05) is 0 Å². The highest BCUT2D eigenvalue weighted by molar-refractivity contribution is 7.94. The van der Waals surface area contributed by atoms with Crippen molar-refractivity contribution in [1.82, 2.24) is 4.72 Å². The average Bonchev–Trinajstić information content (AvgIpc) is 2.88. The van der Waals surface area contributed by atoms with Gasteiger partial charge in [0.05, 0.1) is 11.3 Å². The monoisotopic (exact) mass is 372 g/mol. The van der Waals surface area contributed by atoms with Crippen LogP contribution in [0, 0.1) is 5.92 Å². The summed E-state index contributed by atoms with van der Waals surface area (Å²) < 4.78 is 31.2. The molecule has 24 heavy (non-hydrogen) atoms. The van der Waals surface area contributed by atoms with Crippen molar-refractivity contribution in [2.45, 2.75) is 6.92 Å². The van der Waals surface area contributed by atoms with E-state index in [1.54, 1.807) is 16.9 Å². The second kappa shape index (κ2) is 6.54. The van der Waals surface area contributed by atoms with Gasteiger partial charge in [-0.05, 0) is 29.9 Å². The zero-order valence-corrected chi connectivity index (χ0v) is 13.9. The van der Waals surface area contributed by atoms with Crippen molar-refractivity contribution in [3.05, 3.63) is 51.4 Å². The van der Waals surface area contributed by atoms with Crippen molar-refractivity contribution in [1.29, 1.82) is 0 Å². The summed E-state index contributed by atoms with van der Waals surface area (Å²) in [6.45, 7) is 0.992. The molecule has 1 amide bonds. The number of furan rings is 1. The lowest BCUT2D eigenvalue weighted by atomic mass is 9.90. The number of allylic oxidation sites excluding steroid dienone is 2. The first-order chi connectivity index (χ1) is 11.1. The number of carboxylic acids is 1. The third-order valence-electron chi connectivity index (χ3n) is 3.06. The van der Waals surface area contributed by atoms with E-state index in [0.29, 0.717) is 5.76 Å². The summed E-state index contributed by atoms with van der Waals surface area (Å²) in [5.74, 6) is -3.35. The number of hydrogen-bond donors (Lipinski definition) is 3. The van der Waals surface area contributed by atoms with E-state index in [9.17, 15) is 23.1 Å². The van der Waals surface area contributed by atoms with E-state index >= 15 is 0 Å². The van der Waals surface area contributed by atoms with Crippen LogP contribution in [0.4, 0.5) is 0 Å². The van der Waals surface area contributed by atoms with E-state index in [1.165, 1.54) is 12.3 Å². The summed E-state index contributed by atoms with van der Waals surface area (Å²) in [6, 6.07) is 3.18. The number of carboxylic acid groups (broad SMARTS) is 1. The SMILES string of the molecule is CC(=O)NS(=O)(=O)C1=C(N)C(C(=O)O)C(=Cc2ccco2)C=C1Cl. The Morgan fingerprint density at radius 3 is 2.62 bits per heavy atom. The van der Waals surface area contributed by atoms with Crippen LogP contribution in [0.3, 0.4) is 0 Å². The van der Waals surface area contributed by atoms with Gasteiger partial charge in [0.25, 0.3) is 10.0 Å². The van der Waals surface area contributed by atoms with Crippen LogP contribution in [0.5, 0.6) is 0 Å². The molecule has 1 unspecified atom stereocenters. The maximum absolute atomic E-state index is 12.2. The molecule has 8 nitrogen and oxygen atoms in total. The first kappa shape index (κ1) is 17.8. The van der Waals surface area contributed by atoms with Crippen molar-refractivity contribution in [3.63, 3.8) is 0 Å². The van der Waals surface area contributed by atoms with Gasteiger partial charge in [-0.1, -0.05) is 11.6 Å². The normalized spacial score (nSPS) is 20.0. The van der Waals surface area contributed by atoms with Crippen LogP contribution in [0.25, 0.3) is 6.08 Å². The fraction of sp³-hybridized carbons (Fsp3) is 0.143. The largest absolute Gasteiger partial charge is 0.480 e. The number of amides is 1. The van der Waals surface area contributed by atoms with Gasteiger partial charge in [-0.3, -0.25) is 9.59 Å². The first-order valence-corrected chi connectivity index (χ1v) is 8.38. The van der Waals surface area contributed by atoms with Crippen molar-refractivity contribution in [2.75, 3.05) is 0 Å². The standard InChI is InChI=1S/C14H13ClN2O6S/c1-7(18)17-24(21,22)13-10(15)6-8(5-9-3-2-4-23-9)11(12(13)16)14(19)20/h2-6,11H,16H2,1H3,(H,17,18)(H,19,20). The number of nitrogens with two attached hydrogens (primary N) is 1. The highest BCUT2D eigenvalue weighted by atomic mass is 35.5. The molecule has 1 aromatic heterocycles. The predicted octanol–water partition coefficient (Wildman–Crippen LogP) is 1.14. The minimum atomic E-state index is -4.39. The van der Waals surface area contributed by atoms with Gasteiger partial charge in [0.2, 0.25) is 5.91 Å². The number of rotatable bonds is 4. The molecule has 0 fully saturated rings. The first-order valence-electron chi connectivity index (χ1n) is 6.52. The molecular weight excluding hydrogens is 360 g/mol. The summed E-state index contributed by atoms with van der Waals surface area (Å²) >= 11 is 5.98. The van der Waals surface area contributed by atoms with Gasteiger partial charge in [0.15, 0.2) is 0 Å².